The van der Waals surface area contributed by atoms with Crippen molar-refractivity contribution in [1.82, 2.24) is 20.4 Å². The molecule has 0 atom stereocenters. The molecule has 0 saturated heterocycles. The van der Waals surface area contributed by atoms with Crippen LogP contribution in [0.1, 0.15) is 5.89 Å². The van der Waals surface area contributed by atoms with Crippen LogP contribution in [-0.2, 0) is 11.3 Å². The molecule has 0 saturated carbocycles. The summed E-state index contributed by atoms with van der Waals surface area (Å²) in [5.74, 6) is 0.795. The van der Waals surface area contributed by atoms with Crippen molar-refractivity contribution in [2.45, 2.75) is 6.54 Å². The summed E-state index contributed by atoms with van der Waals surface area (Å²) in [6.45, 7) is 1.78. The first-order valence-electron chi connectivity index (χ1n) is 5.54. The molecule has 0 unspecified atom stereocenters. The number of aromatic nitrogens is 3. The van der Waals surface area contributed by atoms with Crippen LogP contribution in [-0.4, -0.2) is 35.4 Å². The van der Waals surface area contributed by atoms with E-state index >= 15 is 0 Å². The molecule has 2 rings (SSSR count). The zero-order valence-corrected chi connectivity index (χ0v) is 11.7. The van der Waals surface area contributed by atoms with Crippen LogP contribution in [0, 0.1) is 0 Å². The van der Waals surface area contributed by atoms with Crippen LogP contribution in [0.2, 0.25) is 10.0 Å². The standard InChI is InChI=1S/C11H12Cl2N4O2/c1-18-3-2-14-6-9-16-11(17-19-9)10-8(13)4-7(12)5-15-10/h4-5,14H,2-3,6H2,1H3. The van der Waals surface area contributed by atoms with Crippen molar-refractivity contribution in [3.05, 3.63) is 28.2 Å². The van der Waals surface area contributed by atoms with Gasteiger partial charge in [0, 0.05) is 19.9 Å². The molecule has 0 aromatic carbocycles. The van der Waals surface area contributed by atoms with Crippen LogP contribution in [0.5, 0.6) is 0 Å². The van der Waals surface area contributed by atoms with Gasteiger partial charge in [0.05, 0.1) is 23.2 Å². The SMILES string of the molecule is COCCNCc1nc(-c2ncc(Cl)cc2Cl)no1. The molecule has 2 aromatic rings. The zero-order chi connectivity index (χ0) is 13.7. The molecule has 0 fully saturated rings. The topological polar surface area (TPSA) is 73.1 Å². The lowest BCUT2D eigenvalue weighted by Crippen LogP contribution is -2.18. The fourth-order valence-corrected chi connectivity index (χ4v) is 1.84. The van der Waals surface area contributed by atoms with Crippen molar-refractivity contribution in [2.24, 2.45) is 0 Å². The third-order valence-electron chi connectivity index (χ3n) is 2.25. The maximum atomic E-state index is 6.02. The highest BCUT2D eigenvalue weighted by Gasteiger charge is 2.13. The number of hydrogen-bond acceptors (Lipinski definition) is 6. The number of pyridine rings is 1. The zero-order valence-electron chi connectivity index (χ0n) is 10.2. The van der Waals surface area contributed by atoms with Gasteiger partial charge in [-0.3, -0.25) is 0 Å². The second-order valence-electron chi connectivity index (χ2n) is 3.67. The minimum absolute atomic E-state index is 0.338. The van der Waals surface area contributed by atoms with Crippen molar-refractivity contribution in [1.29, 1.82) is 0 Å². The predicted octanol–water partition coefficient (Wildman–Crippen LogP) is 2.17. The molecule has 19 heavy (non-hydrogen) atoms. The Morgan fingerprint density at radius 1 is 1.42 bits per heavy atom. The van der Waals surface area contributed by atoms with E-state index < -0.39 is 0 Å². The first-order valence-corrected chi connectivity index (χ1v) is 6.30. The highest BCUT2D eigenvalue weighted by Crippen LogP contribution is 2.25. The number of nitrogens with one attached hydrogen (secondary N) is 1. The molecule has 0 spiro atoms. The number of methoxy groups -OCH3 is 1. The molecule has 8 heteroatoms. The van der Waals surface area contributed by atoms with Gasteiger partial charge in [-0.1, -0.05) is 28.4 Å². The van der Waals surface area contributed by atoms with Gasteiger partial charge in [-0.2, -0.15) is 4.98 Å². The molecule has 1 N–H and O–H groups in total. The minimum atomic E-state index is 0.338. The van der Waals surface area contributed by atoms with E-state index in [1.165, 1.54) is 6.20 Å². The Hall–Kier alpha value is -1.21. The normalized spacial score (nSPS) is 10.9. The quantitative estimate of drug-likeness (QED) is 0.825. The molecule has 0 aliphatic carbocycles. The molecule has 0 aliphatic rings. The molecule has 0 bridgehead atoms. The molecule has 6 nitrogen and oxygen atoms in total. The van der Waals surface area contributed by atoms with Gasteiger partial charge < -0.3 is 14.6 Å². The van der Waals surface area contributed by atoms with E-state index in [-0.39, 0.29) is 0 Å². The maximum absolute atomic E-state index is 6.02. The maximum Gasteiger partial charge on any atom is 0.240 e. The van der Waals surface area contributed by atoms with Gasteiger partial charge in [0.25, 0.3) is 0 Å². The molecular formula is C11H12Cl2N4O2. The van der Waals surface area contributed by atoms with Crippen molar-refractivity contribution in [3.8, 4) is 11.5 Å². The van der Waals surface area contributed by atoms with E-state index in [0.29, 0.717) is 47.2 Å². The van der Waals surface area contributed by atoms with Gasteiger partial charge in [-0.15, -0.1) is 0 Å². The number of nitrogens with zero attached hydrogens (tertiary/aromatic N) is 3. The van der Waals surface area contributed by atoms with E-state index in [0.717, 1.165) is 0 Å². The Morgan fingerprint density at radius 2 is 2.26 bits per heavy atom. The van der Waals surface area contributed by atoms with Crippen LogP contribution in [0.4, 0.5) is 0 Å². The summed E-state index contributed by atoms with van der Waals surface area (Å²) in [6.07, 6.45) is 1.48. The average molecular weight is 303 g/mol. The molecular weight excluding hydrogens is 291 g/mol. The minimum Gasteiger partial charge on any atom is -0.383 e. The summed E-state index contributed by atoms with van der Waals surface area (Å²) in [5.41, 5.74) is 0.443. The fourth-order valence-electron chi connectivity index (χ4n) is 1.37. The lowest BCUT2D eigenvalue weighted by molar-refractivity contribution is 0.197. The van der Waals surface area contributed by atoms with Crippen molar-refractivity contribution in [3.63, 3.8) is 0 Å². The summed E-state index contributed by atoms with van der Waals surface area (Å²) < 4.78 is 10.0. The average Bonchev–Trinajstić information content (AvgIpc) is 2.83. The van der Waals surface area contributed by atoms with Crippen LogP contribution < -0.4 is 5.32 Å². The number of halogens is 2. The Kier molecular flexibility index (Phi) is 5.09. The largest absolute Gasteiger partial charge is 0.383 e. The third-order valence-corrected chi connectivity index (χ3v) is 2.74. The summed E-state index contributed by atoms with van der Waals surface area (Å²) in [5, 5.41) is 7.76. The summed E-state index contributed by atoms with van der Waals surface area (Å²) in [6, 6.07) is 1.58. The van der Waals surface area contributed by atoms with Gasteiger partial charge in [0.2, 0.25) is 11.7 Å². The van der Waals surface area contributed by atoms with Crippen LogP contribution >= 0.6 is 23.2 Å². The van der Waals surface area contributed by atoms with Crippen LogP contribution in [0.3, 0.4) is 0 Å². The van der Waals surface area contributed by atoms with E-state index in [1.807, 2.05) is 0 Å². The number of rotatable bonds is 6. The summed E-state index contributed by atoms with van der Waals surface area (Å²) >= 11 is 11.8. The van der Waals surface area contributed by atoms with Crippen molar-refractivity contribution < 1.29 is 9.26 Å². The van der Waals surface area contributed by atoms with E-state index in [2.05, 4.69) is 20.4 Å². The molecule has 2 heterocycles. The molecule has 102 valence electrons. The van der Waals surface area contributed by atoms with E-state index in [4.69, 9.17) is 32.5 Å². The molecule has 0 aliphatic heterocycles. The lowest BCUT2D eigenvalue weighted by Gasteiger charge is -1.99. The summed E-state index contributed by atoms with van der Waals surface area (Å²) in [7, 11) is 1.64. The Labute approximate surface area is 120 Å². The van der Waals surface area contributed by atoms with Gasteiger partial charge in [-0.05, 0) is 6.07 Å². The van der Waals surface area contributed by atoms with Gasteiger partial charge in [-0.25, -0.2) is 4.98 Å². The molecule has 0 radical (unpaired) electrons. The fraction of sp³-hybridized carbons (Fsp3) is 0.364. The van der Waals surface area contributed by atoms with Gasteiger partial charge in [0.15, 0.2) is 0 Å². The van der Waals surface area contributed by atoms with E-state index in [9.17, 15) is 0 Å². The van der Waals surface area contributed by atoms with Gasteiger partial charge >= 0.3 is 0 Å². The third kappa shape index (κ3) is 3.87. The van der Waals surface area contributed by atoms with Gasteiger partial charge in [0.1, 0.15) is 5.69 Å². The summed E-state index contributed by atoms with van der Waals surface area (Å²) in [4.78, 5) is 8.28. The Bertz CT molecular complexity index is 547. The lowest BCUT2D eigenvalue weighted by atomic mass is 10.3. The highest BCUT2D eigenvalue weighted by atomic mass is 35.5. The predicted molar refractivity (Wildman–Crippen MR) is 71.1 cm³/mol. The molecule has 2 aromatic heterocycles. The second-order valence-corrected chi connectivity index (χ2v) is 4.51. The first kappa shape index (κ1) is 14.2. The second kappa shape index (κ2) is 6.81. The smallest absolute Gasteiger partial charge is 0.240 e. The van der Waals surface area contributed by atoms with Crippen LogP contribution in [0.15, 0.2) is 16.8 Å². The molecule has 0 amide bonds. The number of ether oxygens (including phenoxy) is 1. The van der Waals surface area contributed by atoms with Crippen molar-refractivity contribution >= 4 is 23.2 Å². The Morgan fingerprint density at radius 3 is 3.00 bits per heavy atom. The first-order chi connectivity index (χ1) is 9.20. The Balaban J connectivity index is 2.04. The highest BCUT2D eigenvalue weighted by molar-refractivity contribution is 6.35. The van der Waals surface area contributed by atoms with Crippen LogP contribution in [0.25, 0.3) is 11.5 Å². The monoisotopic (exact) mass is 302 g/mol. The van der Waals surface area contributed by atoms with E-state index in [1.54, 1.807) is 13.2 Å². The van der Waals surface area contributed by atoms with Crippen molar-refractivity contribution in [2.75, 3.05) is 20.3 Å². The number of hydrogen-bond donors (Lipinski definition) is 1.